The Morgan fingerprint density at radius 3 is 2.53 bits per heavy atom. The standard InChI is InChI=1S/C25H30N4O3/c30-24(26-18-9-4-1-2-5-10-18)21-16-28(15-20-13-8-14-32-20)17-22-23(21)27-29(25(22)31)19-11-6-3-7-12-19/h3,6-7,11-12,16-18,20H,1-2,4-5,8-10,13-15H2,(H,26,30)/t20-/m1/s1. The number of para-hydroxylation sites is 1. The first kappa shape index (κ1) is 20.9. The molecule has 1 amide bonds. The molecule has 0 spiro atoms. The molecule has 7 heteroatoms. The monoisotopic (exact) mass is 434 g/mol. The summed E-state index contributed by atoms with van der Waals surface area (Å²) in [5.41, 5.74) is 1.84. The predicted molar refractivity (Wildman–Crippen MR) is 122 cm³/mol. The summed E-state index contributed by atoms with van der Waals surface area (Å²) in [5, 5.41) is 7.81. The van der Waals surface area contributed by atoms with Crippen LogP contribution in [0, 0.1) is 0 Å². The Labute approximate surface area is 187 Å². The number of ether oxygens (including phenoxy) is 1. The second-order valence-electron chi connectivity index (χ2n) is 8.98. The van der Waals surface area contributed by atoms with Crippen LogP contribution in [0.2, 0.25) is 0 Å². The molecule has 3 aliphatic heterocycles. The van der Waals surface area contributed by atoms with Gasteiger partial charge in [0.15, 0.2) is 0 Å². The van der Waals surface area contributed by atoms with E-state index < -0.39 is 0 Å². The highest BCUT2D eigenvalue weighted by Gasteiger charge is 2.27. The molecule has 0 radical (unpaired) electrons. The molecule has 1 saturated carbocycles. The number of carbonyl (C=O) groups is 1. The van der Waals surface area contributed by atoms with Gasteiger partial charge in [-0.3, -0.25) is 9.59 Å². The molecular formula is C25H30N4O3. The summed E-state index contributed by atoms with van der Waals surface area (Å²) in [5.74, 6) is -0.152. The van der Waals surface area contributed by atoms with Crippen molar-refractivity contribution in [3.63, 3.8) is 0 Å². The topological polar surface area (TPSA) is 78.2 Å². The van der Waals surface area contributed by atoms with Crippen LogP contribution in [-0.2, 0) is 11.3 Å². The molecule has 1 N–H and O–H groups in total. The quantitative estimate of drug-likeness (QED) is 0.620. The first-order chi connectivity index (χ1) is 15.7. The fraction of sp³-hybridized carbons (Fsp3) is 0.480. The van der Waals surface area contributed by atoms with Gasteiger partial charge in [-0.15, -0.1) is 0 Å². The van der Waals surface area contributed by atoms with Crippen LogP contribution >= 0.6 is 0 Å². The third kappa shape index (κ3) is 4.35. The third-order valence-corrected chi connectivity index (χ3v) is 6.60. The predicted octanol–water partition coefficient (Wildman–Crippen LogP) is 3.77. The maximum absolute atomic E-state index is 13.4. The highest BCUT2D eigenvalue weighted by Crippen LogP contribution is 2.25. The molecule has 4 aliphatic rings. The van der Waals surface area contributed by atoms with Gasteiger partial charge >= 0.3 is 0 Å². The van der Waals surface area contributed by atoms with Crippen LogP contribution in [0.5, 0.6) is 0 Å². The minimum atomic E-state index is -0.212. The van der Waals surface area contributed by atoms with E-state index in [0.717, 1.165) is 45.1 Å². The van der Waals surface area contributed by atoms with E-state index in [9.17, 15) is 9.59 Å². The molecule has 5 rings (SSSR count). The Hall–Kier alpha value is -2.93. The number of hydrogen-bond acceptors (Lipinski definition) is 4. The molecule has 1 saturated heterocycles. The molecule has 0 aromatic heterocycles. The molecular weight excluding hydrogens is 404 g/mol. The number of amides is 1. The average molecular weight is 435 g/mol. The summed E-state index contributed by atoms with van der Waals surface area (Å²) in [6, 6.07) is 9.52. The molecule has 1 aromatic rings. The molecule has 0 unspecified atom stereocenters. The summed E-state index contributed by atoms with van der Waals surface area (Å²) < 4.78 is 9.11. The Balaban J connectivity index is 1.54. The van der Waals surface area contributed by atoms with Gasteiger partial charge in [-0.25, -0.2) is 0 Å². The fourth-order valence-corrected chi connectivity index (χ4v) is 4.89. The van der Waals surface area contributed by atoms with Gasteiger partial charge in [0.2, 0.25) is 0 Å². The largest absolute Gasteiger partial charge is 0.376 e. The van der Waals surface area contributed by atoms with Gasteiger partial charge in [-0.1, -0.05) is 43.9 Å². The number of rotatable bonds is 5. The van der Waals surface area contributed by atoms with E-state index >= 15 is 0 Å². The van der Waals surface area contributed by atoms with Crippen molar-refractivity contribution in [1.82, 2.24) is 19.7 Å². The number of benzene rings is 1. The second-order valence-corrected chi connectivity index (χ2v) is 8.98. The highest BCUT2D eigenvalue weighted by molar-refractivity contribution is 6.00. The van der Waals surface area contributed by atoms with Crippen molar-refractivity contribution in [1.29, 1.82) is 0 Å². The maximum atomic E-state index is 13.4. The van der Waals surface area contributed by atoms with Gasteiger partial charge in [-0.05, 0) is 37.8 Å². The van der Waals surface area contributed by atoms with Crippen molar-refractivity contribution in [2.75, 3.05) is 6.61 Å². The first-order valence-electron chi connectivity index (χ1n) is 11.8. The molecule has 3 heterocycles. The second kappa shape index (κ2) is 9.28. The first-order valence-corrected chi connectivity index (χ1v) is 11.8. The summed E-state index contributed by atoms with van der Waals surface area (Å²) in [6.07, 6.45) is 12.5. The number of nitrogens with zero attached hydrogens (tertiary/aromatic N) is 3. The number of carbonyl (C=O) groups excluding carboxylic acids is 1. The van der Waals surface area contributed by atoms with Crippen LogP contribution in [0.15, 0.2) is 47.5 Å². The van der Waals surface area contributed by atoms with E-state index in [0.29, 0.717) is 29.1 Å². The average Bonchev–Trinajstić information content (AvgIpc) is 3.35. The Bertz CT molecular complexity index is 1090. The fourth-order valence-electron chi connectivity index (χ4n) is 4.89. The van der Waals surface area contributed by atoms with Crippen molar-refractivity contribution < 1.29 is 9.53 Å². The molecule has 32 heavy (non-hydrogen) atoms. The van der Waals surface area contributed by atoms with Gasteiger partial charge in [-0.2, -0.15) is 9.78 Å². The number of aromatic nitrogens is 3. The lowest BCUT2D eigenvalue weighted by Crippen LogP contribution is -2.35. The number of fused-ring (bicyclic) bond motifs is 1. The maximum Gasteiger partial charge on any atom is 0.282 e. The lowest BCUT2D eigenvalue weighted by molar-refractivity contribution is 0.0922. The Morgan fingerprint density at radius 1 is 1.03 bits per heavy atom. The zero-order chi connectivity index (χ0) is 21.9. The van der Waals surface area contributed by atoms with E-state index in [-0.39, 0.29) is 23.6 Å². The van der Waals surface area contributed by atoms with Crippen molar-refractivity contribution in [2.45, 2.75) is 70.1 Å². The van der Waals surface area contributed by atoms with Gasteiger partial charge in [0, 0.05) is 31.6 Å². The number of pyridine rings is 1. The number of hydrogen-bond donors (Lipinski definition) is 1. The number of nitrogens with one attached hydrogen (secondary N) is 1. The minimum absolute atomic E-state index is 0.106. The van der Waals surface area contributed by atoms with E-state index in [1.165, 1.54) is 17.5 Å². The minimum Gasteiger partial charge on any atom is -0.376 e. The lowest BCUT2D eigenvalue weighted by Gasteiger charge is -2.19. The smallest absolute Gasteiger partial charge is 0.282 e. The van der Waals surface area contributed by atoms with Gasteiger partial charge in [0.25, 0.3) is 11.5 Å². The van der Waals surface area contributed by atoms with Crippen LogP contribution in [-0.4, -0.2) is 39.0 Å². The van der Waals surface area contributed by atoms with Gasteiger partial charge in [0.1, 0.15) is 5.69 Å². The Morgan fingerprint density at radius 2 is 1.81 bits per heavy atom. The molecule has 168 valence electrons. The highest BCUT2D eigenvalue weighted by atomic mass is 16.5. The van der Waals surface area contributed by atoms with Crippen molar-refractivity contribution in [3.8, 4) is 16.9 Å². The van der Waals surface area contributed by atoms with E-state index in [1.807, 2.05) is 47.3 Å². The molecule has 1 atom stereocenters. The summed E-state index contributed by atoms with van der Waals surface area (Å²) in [4.78, 5) is 26.6. The van der Waals surface area contributed by atoms with Crippen molar-refractivity contribution >= 4 is 5.91 Å². The third-order valence-electron chi connectivity index (χ3n) is 6.60. The van der Waals surface area contributed by atoms with Crippen LogP contribution in [0.25, 0.3) is 16.9 Å². The molecule has 2 fully saturated rings. The van der Waals surface area contributed by atoms with Crippen LogP contribution in [0.3, 0.4) is 0 Å². The summed E-state index contributed by atoms with van der Waals surface area (Å²) in [6.45, 7) is 1.39. The Kier molecular flexibility index (Phi) is 6.08. The molecule has 0 bridgehead atoms. The van der Waals surface area contributed by atoms with Crippen molar-refractivity contribution in [2.24, 2.45) is 0 Å². The van der Waals surface area contributed by atoms with Crippen LogP contribution in [0.4, 0.5) is 0 Å². The molecule has 1 aliphatic carbocycles. The van der Waals surface area contributed by atoms with E-state index in [1.54, 1.807) is 0 Å². The normalized spacial score (nSPS) is 19.8. The van der Waals surface area contributed by atoms with E-state index in [4.69, 9.17) is 4.74 Å². The lowest BCUT2D eigenvalue weighted by atomic mass is 10.1. The van der Waals surface area contributed by atoms with Crippen LogP contribution in [0.1, 0.15) is 61.7 Å². The van der Waals surface area contributed by atoms with Gasteiger partial charge < -0.3 is 14.6 Å². The summed E-state index contributed by atoms with van der Waals surface area (Å²) in [7, 11) is 0. The zero-order valence-electron chi connectivity index (χ0n) is 18.3. The SMILES string of the molecule is O=C(NC1CCCCCC1)c1cn(C[C@H]2CCCO2)cc2c(=O)n(-c3ccccc3)nc1-2. The zero-order valence-corrected chi connectivity index (χ0v) is 18.3. The molecule has 1 aromatic carbocycles. The van der Waals surface area contributed by atoms with Crippen molar-refractivity contribution in [3.05, 3.63) is 58.6 Å². The van der Waals surface area contributed by atoms with Crippen LogP contribution < -0.4 is 10.9 Å². The molecule has 7 nitrogen and oxygen atoms in total. The van der Waals surface area contributed by atoms with Gasteiger partial charge in [0.05, 0.1) is 22.9 Å². The van der Waals surface area contributed by atoms with E-state index in [2.05, 4.69) is 10.4 Å². The summed E-state index contributed by atoms with van der Waals surface area (Å²) >= 11 is 0.